The Balaban J connectivity index is 2.45. The summed E-state index contributed by atoms with van der Waals surface area (Å²) in [6, 6.07) is 7.65. The lowest BCUT2D eigenvalue weighted by Crippen LogP contribution is -2.41. The number of carbonyl (C=O) groups is 2. The van der Waals surface area contributed by atoms with E-state index in [2.05, 4.69) is 10.1 Å². The van der Waals surface area contributed by atoms with Gasteiger partial charge in [-0.3, -0.25) is 0 Å². The average molecular weight is 333 g/mol. The average Bonchev–Trinajstić information content (AvgIpc) is 2.51. The standard InChI is InChI=1S/C15H18F3NO4/c1-22-13(20)12(8-5-9-15(16,17)18)19-14(21)23-10-11-6-3-2-4-7-11/h2-4,6-7,12H,5,8-10H2,1H3,(H,19,21). The van der Waals surface area contributed by atoms with Crippen LogP contribution >= 0.6 is 0 Å². The van der Waals surface area contributed by atoms with Gasteiger partial charge in [-0.05, 0) is 18.4 Å². The highest BCUT2D eigenvalue weighted by molar-refractivity contribution is 5.81. The van der Waals surface area contributed by atoms with Gasteiger partial charge in [0, 0.05) is 6.42 Å². The van der Waals surface area contributed by atoms with Crippen molar-refractivity contribution in [2.75, 3.05) is 7.11 Å². The summed E-state index contributed by atoms with van der Waals surface area (Å²) in [5.41, 5.74) is 0.745. The van der Waals surface area contributed by atoms with Crippen molar-refractivity contribution < 1.29 is 32.2 Å². The third kappa shape index (κ3) is 8.08. The van der Waals surface area contributed by atoms with E-state index < -0.39 is 30.7 Å². The minimum Gasteiger partial charge on any atom is -0.467 e. The quantitative estimate of drug-likeness (QED) is 0.778. The second kappa shape index (κ2) is 9.02. The molecule has 0 fully saturated rings. The van der Waals surface area contributed by atoms with Crippen LogP contribution in [0.15, 0.2) is 30.3 Å². The zero-order valence-corrected chi connectivity index (χ0v) is 12.6. The first-order valence-corrected chi connectivity index (χ1v) is 6.93. The van der Waals surface area contributed by atoms with Gasteiger partial charge in [0.25, 0.3) is 0 Å². The summed E-state index contributed by atoms with van der Waals surface area (Å²) in [6.07, 6.45) is -6.74. The maximum atomic E-state index is 12.1. The highest BCUT2D eigenvalue weighted by Gasteiger charge is 2.29. The first kappa shape index (κ1) is 18.8. The van der Waals surface area contributed by atoms with Crippen molar-refractivity contribution in [2.45, 2.75) is 38.1 Å². The smallest absolute Gasteiger partial charge is 0.408 e. The summed E-state index contributed by atoms with van der Waals surface area (Å²) in [7, 11) is 1.09. The lowest BCUT2D eigenvalue weighted by atomic mass is 10.1. The number of halogens is 3. The summed E-state index contributed by atoms with van der Waals surface area (Å²) in [5.74, 6) is -0.816. The molecular formula is C15H18F3NO4. The van der Waals surface area contributed by atoms with Crippen LogP contribution in [0.2, 0.25) is 0 Å². The molecule has 0 aliphatic heterocycles. The van der Waals surface area contributed by atoms with Gasteiger partial charge in [-0.25, -0.2) is 9.59 Å². The van der Waals surface area contributed by atoms with E-state index in [1.165, 1.54) is 0 Å². The number of nitrogens with one attached hydrogen (secondary N) is 1. The number of ether oxygens (including phenoxy) is 2. The van der Waals surface area contributed by atoms with Gasteiger partial charge >= 0.3 is 18.2 Å². The van der Waals surface area contributed by atoms with E-state index in [0.29, 0.717) is 0 Å². The molecule has 1 atom stereocenters. The Morgan fingerprint density at radius 3 is 2.43 bits per heavy atom. The Hall–Kier alpha value is -2.25. The van der Waals surface area contributed by atoms with Crippen molar-refractivity contribution in [1.29, 1.82) is 0 Å². The Kier molecular flexibility index (Phi) is 7.37. The van der Waals surface area contributed by atoms with E-state index >= 15 is 0 Å². The SMILES string of the molecule is COC(=O)C(CCCC(F)(F)F)NC(=O)OCc1ccccc1. The number of hydrogen-bond donors (Lipinski definition) is 1. The molecule has 128 valence electrons. The van der Waals surface area contributed by atoms with Crippen LogP contribution in [0.25, 0.3) is 0 Å². The molecule has 0 heterocycles. The lowest BCUT2D eigenvalue weighted by molar-refractivity contribution is -0.145. The van der Waals surface area contributed by atoms with Crippen LogP contribution in [0, 0.1) is 0 Å². The molecule has 1 aromatic carbocycles. The Morgan fingerprint density at radius 1 is 1.22 bits per heavy atom. The Bertz CT molecular complexity index is 505. The minimum atomic E-state index is -4.31. The monoisotopic (exact) mass is 333 g/mol. The first-order chi connectivity index (χ1) is 10.8. The fourth-order valence-corrected chi connectivity index (χ4v) is 1.80. The number of alkyl halides is 3. The van der Waals surface area contributed by atoms with Gasteiger partial charge < -0.3 is 14.8 Å². The number of methoxy groups -OCH3 is 1. The molecule has 0 saturated carbocycles. The molecule has 1 amide bonds. The summed E-state index contributed by atoms with van der Waals surface area (Å²) in [6.45, 7) is -0.0108. The van der Waals surface area contributed by atoms with Crippen molar-refractivity contribution >= 4 is 12.1 Å². The van der Waals surface area contributed by atoms with E-state index in [1.807, 2.05) is 0 Å². The second-order valence-electron chi connectivity index (χ2n) is 4.79. The van der Waals surface area contributed by atoms with Crippen molar-refractivity contribution in [3.63, 3.8) is 0 Å². The van der Waals surface area contributed by atoms with Crippen molar-refractivity contribution in [2.24, 2.45) is 0 Å². The summed E-state index contributed by atoms with van der Waals surface area (Å²) in [4.78, 5) is 23.1. The molecular weight excluding hydrogens is 315 g/mol. The summed E-state index contributed by atoms with van der Waals surface area (Å²) in [5, 5.41) is 2.22. The van der Waals surface area contributed by atoms with E-state index in [4.69, 9.17) is 4.74 Å². The van der Waals surface area contributed by atoms with Gasteiger partial charge in [-0.2, -0.15) is 13.2 Å². The molecule has 0 saturated heterocycles. The number of rotatable bonds is 7. The Labute approximate surface area is 131 Å². The maximum Gasteiger partial charge on any atom is 0.408 e. The molecule has 23 heavy (non-hydrogen) atoms. The molecule has 1 rings (SSSR count). The van der Waals surface area contributed by atoms with Crippen molar-refractivity contribution in [3.05, 3.63) is 35.9 Å². The largest absolute Gasteiger partial charge is 0.467 e. The molecule has 1 N–H and O–H groups in total. The van der Waals surface area contributed by atoms with Gasteiger partial charge in [0.05, 0.1) is 7.11 Å². The van der Waals surface area contributed by atoms with Gasteiger partial charge in [0.1, 0.15) is 12.6 Å². The zero-order chi connectivity index (χ0) is 17.3. The minimum absolute atomic E-state index is 0.0108. The first-order valence-electron chi connectivity index (χ1n) is 6.93. The number of alkyl carbamates (subject to hydrolysis) is 1. The number of esters is 1. The van der Waals surface area contributed by atoms with E-state index in [9.17, 15) is 22.8 Å². The third-order valence-electron chi connectivity index (χ3n) is 2.94. The van der Waals surface area contributed by atoms with Gasteiger partial charge in [0.2, 0.25) is 0 Å². The molecule has 1 unspecified atom stereocenters. The van der Waals surface area contributed by atoms with Crippen LogP contribution in [0.1, 0.15) is 24.8 Å². The van der Waals surface area contributed by atoms with Crippen LogP contribution in [-0.4, -0.2) is 31.4 Å². The number of benzene rings is 1. The van der Waals surface area contributed by atoms with Gasteiger partial charge in [-0.15, -0.1) is 0 Å². The molecule has 5 nitrogen and oxygen atoms in total. The molecule has 8 heteroatoms. The predicted octanol–water partition coefficient (Wildman–Crippen LogP) is 3.19. The number of hydrogen-bond acceptors (Lipinski definition) is 4. The van der Waals surface area contributed by atoms with Crippen LogP contribution in [0.3, 0.4) is 0 Å². The highest BCUT2D eigenvalue weighted by atomic mass is 19.4. The summed E-state index contributed by atoms with van der Waals surface area (Å²) >= 11 is 0. The van der Waals surface area contributed by atoms with E-state index in [1.54, 1.807) is 30.3 Å². The zero-order valence-electron chi connectivity index (χ0n) is 12.6. The van der Waals surface area contributed by atoms with Gasteiger partial charge in [-0.1, -0.05) is 30.3 Å². The molecule has 0 aromatic heterocycles. The van der Waals surface area contributed by atoms with Crippen LogP contribution in [-0.2, 0) is 20.9 Å². The van der Waals surface area contributed by atoms with Crippen LogP contribution in [0.5, 0.6) is 0 Å². The fourth-order valence-electron chi connectivity index (χ4n) is 1.80. The maximum absolute atomic E-state index is 12.1. The number of carbonyl (C=O) groups excluding carboxylic acids is 2. The van der Waals surface area contributed by atoms with E-state index in [-0.39, 0.29) is 19.4 Å². The predicted molar refractivity (Wildman–Crippen MR) is 75.5 cm³/mol. The summed E-state index contributed by atoms with van der Waals surface area (Å²) < 4.78 is 45.8. The molecule has 0 spiro atoms. The highest BCUT2D eigenvalue weighted by Crippen LogP contribution is 2.22. The van der Waals surface area contributed by atoms with Crippen molar-refractivity contribution in [1.82, 2.24) is 5.32 Å². The normalized spacial score (nSPS) is 12.3. The third-order valence-corrected chi connectivity index (χ3v) is 2.94. The van der Waals surface area contributed by atoms with E-state index in [0.717, 1.165) is 12.7 Å². The van der Waals surface area contributed by atoms with Gasteiger partial charge in [0.15, 0.2) is 0 Å². The van der Waals surface area contributed by atoms with Crippen LogP contribution < -0.4 is 5.32 Å². The molecule has 0 bridgehead atoms. The van der Waals surface area contributed by atoms with Crippen molar-refractivity contribution in [3.8, 4) is 0 Å². The molecule has 0 aliphatic rings. The molecule has 1 aromatic rings. The lowest BCUT2D eigenvalue weighted by Gasteiger charge is -2.16. The van der Waals surface area contributed by atoms with Crippen LogP contribution in [0.4, 0.5) is 18.0 Å². The molecule has 0 aliphatic carbocycles. The Morgan fingerprint density at radius 2 is 1.87 bits per heavy atom. The number of amides is 1. The topological polar surface area (TPSA) is 64.6 Å². The molecule has 0 radical (unpaired) electrons. The second-order valence-corrected chi connectivity index (χ2v) is 4.79. The fraction of sp³-hybridized carbons (Fsp3) is 0.467.